The topological polar surface area (TPSA) is 25.8 Å². The monoisotopic (exact) mass is 834 g/mol. The maximum atomic E-state index is 16.8. The van der Waals surface area contributed by atoms with E-state index in [1.807, 2.05) is 24.3 Å². The van der Waals surface area contributed by atoms with Crippen LogP contribution in [0.4, 0.5) is 8.78 Å². The molecule has 3 aromatic carbocycles. The van der Waals surface area contributed by atoms with E-state index in [-0.39, 0.29) is 11.1 Å². The fraction of sp³-hybridized carbons (Fsp3) is 0.381. The van der Waals surface area contributed by atoms with Crippen molar-refractivity contribution in [3.05, 3.63) is 78.9 Å². The van der Waals surface area contributed by atoms with Gasteiger partial charge >= 0.3 is 0 Å². The molecule has 1 aliphatic rings. The van der Waals surface area contributed by atoms with E-state index in [4.69, 9.17) is 9.97 Å². The molecule has 6 aromatic rings. The zero-order chi connectivity index (χ0) is 34.8. The quantitative estimate of drug-likeness (QED) is 0.0906. The summed E-state index contributed by atoms with van der Waals surface area (Å²) in [7, 11) is 0. The molecule has 0 unspecified atom stereocenters. The van der Waals surface area contributed by atoms with Crippen molar-refractivity contribution in [1.29, 1.82) is 0 Å². The molecule has 3 aromatic heterocycles. The molecule has 0 atom stereocenters. The van der Waals surface area contributed by atoms with E-state index in [1.54, 1.807) is 0 Å². The lowest BCUT2D eigenvalue weighted by Gasteiger charge is -2.14. The van der Waals surface area contributed by atoms with Crippen molar-refractivity contribution in [2.24, 2.45) is 0 Å². The highest BCUT2D eigenvalue weighted by Crippen LogP contribution is 2.50. The second kappa shape index (κ2) is 16.0. The average molecular weight is 837 g/mol. The molecule has 3 heterocycles. The third-order valence-corrected chi connectivity index (χ3v) is 14.0. The van der Waals surface area contributed by atoms with Crippen LogP contribution in [-0.4, -0.2) is 9.97 Å². The van der Waals surface area contributed by atoms with Gasteiger partial charge in [0, 0.05) is 26.3 Å². The molecule has 0 aliphatic heterocycles. The summed E-state index contributed by atoms with van der Waals surface area (Å²) < 4.78 is 35.5. The smallest absolute Gasteiger partial charge is 0.170 e. The van der Waals surface area contributed by atoms with E-state index in [9.17, 15) is 0 Å². The molecule has 8 heteroatoms. The number of nitrogens with zero attached hydrogens (tertiary/aromatic N) is 2. The van der Waals surface area contributed by atoms with Crippen molar-refractivity contribution < 1.29 is 8.78 Å². The molecule has 0 amide bonds. The fourth-order valence-electron chi connectivity index (χ4n) is 7.36. The highest BCUT2D eigenvalue weighted by molar-refractivity contribution is 9.11. The molecule has 0 spiro atoms. The Balaban J connectivity index is 1.34. The summed E-state index contributed by atoms with van der Waals surface area (Å²) in [4.78, 5) is 11.8. The molecule has 0 N–H and O–H groups in total. The third-order valence-electron chi connectivity index (χ3n) is 10.0. The lowest BCUT2D eigenvalue weighted by atomic mass is 10.0. The molecule has 2 nitrogen and oxygen atoms in total. The van der Waals surface area contributed by atoms with Crippen molar-refractivity contribution in [3.63, 3.8) is 0 Å². The van der Waals surface area contributed by atoms with Gasteiger partial charge in [0.2, 0.25) is 0 Å². The number of unbranched alkanes of at least 4 members (excludes halogenated alkanes) is 10. The van der Waals surface area contributed by atoms with Crippen LogP contribution in [0, 0.1) is 11.6 Å². The van der Waals surface area contributed by atoms with Crippen LogP contribution in [0.5, 0.6) is 0 Å². The molecule has 1 aliphatic carbocycles. The van der Waals surface area contributed by atoms with Gasteiger partial charge in [0.1, 0.15) is 11.0 Å². The Kier molecular flexibility index (Phi) is 11.5. The van der Waals surface area contributed by atoms with Crippen molar-refractivity contribution in [2.45, 2.75) is 104 Å². The molecular weight excluding hydrogens is 794 g/mol. The molecule has 260 valence electrons. The van der Waals surface area contributed by atoms with Gasteiger partial charge in [-0.15, -0.1) is 22.7 Å². The Morgan fingerprint density at radius 2 is 1.00 bits per heavy atom. The molecule has 0 fully saturated rings. The maximum Gasteiger partial charge on any atom is 0.170 e. The highest BCUT2D eigenvalue weighted by atomic mass is 79.9. The van der Waals surface area contributed by atoms with E-state index in [0.29, 0.717) is 20.8 Å². The third kappa shape index (κ3) is 6.99. The summed E-state index contributed by atoms with van der Waals surface area (Å²) >= 11 is 10.4. The Labute approximate surface area is 319 Å². The second-order valence-corrected chi connectivity index (χ2v) is 18.3. The first-order valence-corrected chi connectivity index (χ1v) is 21.4. The zero-order valence-corrected chi connectivity index (χ0v) is 33.5. The van der Waals surface area contributed by atoms with Crippen LogP contribution in [0.15, 0.2) is 56.1 Å². The highest BCUT2D eigenvalue weighted by Gasteiger charge is 2.31. The molecule has 0 bridgehead atoms. The predicted octanol–water partition coefficient (Wildman–Crippen LogP) is 15.5. The number of aryl methyl sites for hydroxylation is 2. The average Bonchev–Trinajstić information content (AvgIpc) is 3.77. The number of aromatic nitrogens is 2. The SMILES string of the molecule is CCCCCCCCc1cc(-c2c(F)c(F)c(-c3cc(CCCCCCCC)c(Br)s3)c3nc4c(nc23)-c2cccc3cccc-4c23)sc1Br. The second-order valence-electron chi connectivity index (χ2n) is 13.6. The molecule has 50 heavy (non-hydrogen) atoms. The number of fused-ring (bicyclic) bond motifs is 4. The zero-order valence-electron chi connectivity index (χ0n) is 28.7. The molecule has 0 saturated carbocycles. The van der Waals surface area contributed by atoms with Gasteiger partial charge in [-0.2, -0.15) is 0 Å². The van der Waals surface area contributed by atoms with E-state index in [1.165, 1.54) is 86.9 Å². The number of thiophene rings is 2. The van der Waals surface area contributed by atoms with Gasteiger partial charge in [0.25, 0.3) is 0 Å². The van der Waals surface area contributed by atoms with Crippen LogP contribution in [0.25, 0.3) is 65.2 Å². The van der Waals surface area contributed by atoms with Crippen molar-refractivity contribution in [2.75, 3.05) is 0 Å². The molecular formula is C42H42Br2F2N2S2. The summed E-state index contributed by atoms with van der Waals surface area (Å²) in [5.74, 6) is -1.73. The van der Waals surface area contributed by atoms with Crippen LogP contribution in [0.2, 0.25) is 0 Å². The maximum absolute atomic E-state index is 16.8. The largest absolute Gasteiger partial charge is 0.243 e. The van der Waals surface area contributed by atoms with Crippen LogP contribution in [-0.2, 0) is 12.8 Å². The summed E-state index contributed by atoms with van der Waals surface area (Å²) in [5.41, 5.74) is 6.88. The van der Waals surface area contributed by atoms with Gasteiger partial charge in [0.15, 0.2) is 11.6 Å². The van der Waals surface area contributed by atoms with E-state index in [0.717, 1.165) is 77.7 Å². The van der Waals surface area contributed by atoms with Crippen LogP contribution < -0.4 is 0 Å². The van der Waals surface area contributed by atoms with Gasteiger partial charge in [-0.1, -0.05) is 114 Å². The van der Waals surface area contributed by atoms with Gasteiger partial charge in [-0.3, -0.25) is 0 Å². The summed E-state index contributed by atoms with van der Waals surface area (Å²) in [6.07, 6.45) is 16.2. The number of benzene rings is 3. The number of rotatable bonds is 16. The van der Waals surface area contributed by atoms with E-state index < -0.39 is 11.6 Å². The van der Waals surface area contributed by atoms with Gasteiger partial charge in [0.05, 0.1) is 30.1 Å². The predicted molar refractivity (Wildman–Crippen MR) is 218 cm³/mol. The van der Waals surface area contributed by atoms with Crippen molar-refractivity contribution in [1.82, 2.24) is 9.97 Å². The molecule has 7 rings (SSSR count). The number of halogens is 4. The van der Waals surface area contributed by atoms with Crippen molar-refractivity contribution in [3.8, 4) is 43.4 Å². The lowest BCUT2D eigenvalue weighted by Crippen LogP contribution is -2.01. The van der Waals surface area contributed by atoms with Gasteiger partial charge < -0.3 is 0 Å². The molecule has 0 radical (unpaired) electrons. The number of hydrogen-bond donors (Lipinski definition) is 0. The van der Waals surface area contributed by atoms with Crippen LogP contribution in [0.3, 0.4) is 0 Å². The lowest BCUT2D eigenvalue weighted by molar-refractivity contribution is 0.515. The van der Waals surface area contributed by atoms with Crippen LogP contribution in [0.1, 0.15) is 102 Å². The Morgan fingerprint density at radius 1 is 0.580 bits per heavy atom. The minimum atomic E-state index is -0.864. The van der Waals surface area contributed by atoms with E-state index >= 15 is 8.78 Å². The molecule has 0 saturated heterocycles. The number of hydrogen-bond acceptors (Lipinski definition) is 4. The van der Waals surface area contributed by atoms with E-state index in [2.05, 4.69) is 70.0 Å². The standard InChI is InChI=1S/C42H42Br2F2N2S2/c1-3-5-7-9-11-13-17-26-23-30(49-41(26)43)33-35(45)36(46)34(31-24-27(42(44)50-31)18-14-12-10-8-6-4-2)40-39(33)47-37-28-21-15-19-25-20-16-22-29(32(25)28)38(37)48-40/h15-16,19-24H,3-14,17-18H2,1-2H3. The first-order chi connectivity index (χ1) is 24.4. The summed E-state index contributed by atoms with van der Waals surface area (Å²) in [6, 6.07) is 16.4. The first kappa shape index (κ1) is 35.9. The Hall–Kier alpha value is -2.52. The Morgan fingerprint density at radius 3 is 1.44 bits per heavy atom. The summed E-state index contributed by atoms with van der Waals surface area (Å²) in [6.45, 7) is 4.46. The van der Waals surface area contributed by atoms with Crippen LogP contribution >= 0.6 is 54.5 Å². The Bertz CT molecular complexity index is 2020. The summed E-state index contributed by atoms with van der Waals surface area (Å²) in [5, 5.41) is 2.19. The van der Waals surface area contributed by atoms with Gasteiger partial charge in [-0.05, 0) is 86.2 Å². The fourth-order valence-corrected chi connectivity index (χ4v) is 11.0. The minimum Gasteiger partial charge on any atom is -0.243 e. The van der Waals surface area contributed by atoms with Gasteiger partial charge in [-0.25, -0.2) is 18.7 Å². The first-order valence-electron chi connectivity index (χ1n) is 18.2. The minimum absolute atomic E-state index is 0.197. The normalized spacial score (nSPS) is 12.1. The van der Waals surface area contributed by atoms with Crippen molar-refractivity contribution >= 4 is 76.3 Å².